The molecule has 12 heteroatoms. The van der Waals surface area contributed by atoms with E-state index in [9.17, 15) is 27.6 Å². The van der Waals surface area contributed by atoms with Gasteiger partial charge in [-0.15, -0.1) is 11.3 Å². The quantitative estimate of drug-likeness (QED) is 0.433. The first kappa shape index (κ1) is 26.2. The van der Waals surface area contributed by atoms with Crippen molar-refractivity contribution in [3.63, 3.8) is 0 Å². The van der Waals surface area contributed by atoms with Crippen LogP contribution in [0.1, 0.15) is 37.3 Å². The second kappa shape index (κ2) is 10.4. The number of hydrogen-bond acceptors (Lipinski definition) is 5. The van der Waals surface area contributed by atoms with Crippen LogP contribution in [0.2, 0.25) is 5.02 Å². The summed E-state index contributed by atoms with van der Waals surface area (Å²) in [6.45, 7) is 0. The summed E-state index contributed by atoms with van der Waals surface area (Å²) < 4.78 is 41.5. The summed E-state index contributed by atoms with van der Waals surface area (Å²) in [6, 6.07) is 8.20. The van der Waals surface area contributed by atoms with Crippen LogP contribution in [0.3, 0.4) is 0 Å². The second-order valence-electron chi connectivity index (χ2n) is 9.25. The molecular weight excluding hydrogens is 541 g/mol. The van der Waals surface area contributed by atoms with Gasteiger partial charge in [0.05, 0.1) is 5.51 Å². The van der Waals surface area contributed by atoms with E-state index in [1.165, 1.54) is 46.0 Å². The van der Waals surface area contributed by atoms with Gasteiger partial charge in [-0.25, -0.2) is 18.2 Å². The molecule has 2 fully saturated rings. The minimum atomic E-state index is -2.88. The van der Waals surface area contributed by atoms with Crippen molar-refractivity contribution in [1.82, 2.24) is 10.3 Å². The van der Waals surface area contributed by atoms with Crippen LogP contribution in [0.4, 0.5) is 24.7 Å². The molecule has 2 aromatic carbocycles. The first-order chi connectivity index (χ1) is 18.1. The van der Waals surface area contributed by atoms with Gasteiger partial charge in [0.25, 0.3) is 11.8 Å². The maximum Gasteiger partial charge on any atom is 0.252 e. The number of hydrogen-bond donors (Lipinski definition) is 1. The Hall–Kier alpha value is -3.44. The topological polar surface area (TPSA) is 82.6 Å². The Morgan fingerprint density at radius 3 is 2.61 bits per heavy atom. The zero-order chi connectivity index (χ0) is 27.0. The van der Waals surface area contributed by atoms with Gasteiger partial charge >= 0.3 is 0 Å². The molecule has 0 radical (unpaired) electrons. The molecule has 1 N–H and O–H groups in total. The van der Waals surface area contributed by atoms with Gasteiger partial charge in [0.15, 0.2) is 0 Å². The third-order valence-electron chi connectivity index (χ3n) is 6.63. The normalized spacial score (nSPS) is 19.6. The van der Waals surface area contributed by atoms with E-state index < -0.39 is 54.5 Å². The summed E-state index contributed by atoms with van der Waals surface area (Å²) in [6.07, 6.45) is -0.842. The van der Waals surface area contributed by atoms with E-state index in [-0.39, 0.29) is 35.0 Å². The Bertz CT molecular complexity index is 1370. The lowest BCUT2D eigenvalue weighted by molar-refractivity contribution is -0.133. The van der Waals surface area contributed by atoms with E-state index in [0.717, 1.165) is 11.0 Å². The van der Waals surface area contributed by atoms with Gasteiger partial charge in [-0.3, -0.25) is 24.2 Å². The number of halogens is 4. The predicted octanol–water partition coefficient (Wildman–Crippen LogP) is 5.12. The average molecular weight is 563 g/mol. The standard InChI is InChI=1S/C26H22ClF3N4O3S/c27-19-7-2-1-6-18(19)23(24(36)32-16-11-26(29,30)12-16)33(17-5-3-4-15(28)10-17)25(37)20-8-9-22(35)34(20)21-13-38-14-31-21/h1-7,10,13-14,16,20,23H,8-9,11-12H2,(H,32,36)/t20?,23-/m1/s1. The third-order valence-corrected chi connectivity index (χ3v) is 7.55. The lowest BCUT2D eigenvalue weighted by Gasteiger charge is -2.39. The smallest absolute Gasteiger partial charge is 0.252 e. The van der Waals surface area contributed by atoms with Crippen molar-refractivity contribution < 1.29 is 27.6 Å². The minimum Gasteiger partial charge on any atom is -0.351 e. The summed E-state index contributed by atoms with van der Waals surface area (Å²) in [5, 5.41) is 4.38. The number of rotatable bonds is 7. The molecule has 38 heavy (non-hydrogen) atoms. The van der Waals surface area contributed by atoms with Gasteiger partial charge in [0, 0.05) is 47.0 Å². The molecule has 2 atom stereocenters. The molecule has 3 aromatic rings. The largest absolute Gasteiger partial charge is 0.351 e. The molecule has 2 heterocycles. The molecule has 5 rings (SSSR count). The predicted molar refractivity (Wildman–Crippen MR) is 137 cm³/mol. The average Bonchev–Trinajstić information content (AvgIpc) is 3.51. The lowest BCUT2D eigenvalue weighted by Crippen LogP contribution is -2.56. The maximum absolute atomic E-state index is 14.4. The summed E-state index contributed by atoms with van der Waals surface area (Å²) in [4.78, 5) is 47.3. The fourth-order valence-electron chi connectivity index (χ4n) is 4.86. The maximum atomic E-state index is 14.4. The summed E-state index contributed by atoms with van der Waals surface area (Å²) in [7, 11) is 0. The molecule has 3 amide bonds. The summed E-state index contributed by atoms with van der Waals surface area (Å²) >= 11 is 7.72. The Morgan fingerprint density at radius 1 is 1.18 bits per heavy atom. The van der Waals surface area contributed by atoms with E-state index in [1.807, 2.05) is 0 Å². The summed E-state index contributed by atoms with van der Waals surface area (Å²) in [5.74, 6) is -4.96. The number of benzene rings is 2. The highest BCUT2D eigenvalue weighted by molar-refractivity contribution is 7.07. The second-order valence-corrected chi connectivity index (χ2v) is 10.4. The monoisotopic (exact) mass is 562 g/mol. The van der Waals surface area contributed by atoms with E-state index >= 15 is 0 Å². The zero-order valence-electron chi connectivity index (χ0n) is 19.8. The van der Waals surface area contributed by atoms with E-state index in [1.54, 1.807) is 23.6 Å². The number of alkyl halides is 2. The molecule has 0 spiro atoms. The number of thiazole rings is 1. The molecule has 2 aliphatic rings. The van der Waals surface area contributed by atoms with Crippen LogP contribution in [-0.4, -0.2) is 40.7 Å². The van der Waals surface area contributed by atoms with Crippen LogP contribution in [0.15, 0.2) is 59.4 Å². The van der Waals surface area contributed by atoms with Crippen molar-refractivity contribution in [2.24, 2.45) is 0 Å². The van der Waals surface area contributed by atoms with Gasteiger partial charge in [-0.1, -0.05) is 35.9 Å². The molecular formula is C26H22ClF3N4O3S. The van der Waals surface area contributed by atoms with Crippen molar-refractivity contribution in [2.75, 3.05) is 9.80 Å². The van der Waals surface area contributed by atoms with Gasteiger partial charge in [0.2, 0.25) is 11.8 Å². The molecule has 1 saturated heterocycles. The van der Waals surface area contributed by atoms with Gasteiger partial charge in [-0.2, -0.15) is 0 Å². The molecule has 0 bridgehead atoms. The molecule has 198 valence electrons. The Kier molecular flexibility index (Phi) is 7.15. The number of amides is 3. The number of nitrogens with zero attached hydrogens (tertiary/aromatic N) is 3. The van der Waals surface area contributed by atoms with Crippen molar-refractivity contribution >= 4 is 52.2 Å². The summed E-state index contributed by atoms with van der Waals surface area (Å²) in [5.41, 5.74) is 1.80. The Morgan fingerprint density at radius 2 is 1.95 bits per heavy atom. The Labute approximate surface area is 225 Å². The van der Waals surface area contributed by atoms with Crippen LogP contribution in [-0.2, 0) is 14.4 Å². The number of carbonyl (C=O) groups is 3. The number of anilines is 2. The van der Waals surface area contributed by atoms with Crippen molar-refractivity contribution in [3.8, 4) is 0 Å². The molecule has 1 aliphatic heterocycles. The fraction of sp³-hybridized carbons (Fsp3) is 0.308. The van der Waals surface area contributed by atoms with Crippen LogP contribution >= 0.6 is 22.9 Å². The number of aromatic nitrogens is 1. The Balaban J connectivity index is 1.59. The molecule has 1 aliphatic carbocycles. The molecule has 1 saturated carbocycles. The van der Waals surface area contributed by atoms with Crippen molar-refractivity contribution in [3.05, 3.63) is 75.8 Å². The zero-order valence-corrected chi connectivity index (χ0v) is 21.4. The van der Waals surface area contributed by atoms with E-state index in [4.69, 9.17) is 11.6 Å². The highest BCUT2D eigenvalue weighted by Gasteiger charge is 2.48. The van der Waals surface area contributed by atoms with Crippen LogP contribution in [0.5, 0.6) is 0 Å². The fourth-order valence-corrected chi connectivity index (χ4v) is 5.62. The van der Waals surface area contributed by atoms with Gasteiger partial charge in [-0.05, 0) is 30.7 Å². The minimum absolute atomic E-state index is 0.0478. The van der Waals surface area contributed by atoms with Crippen LogP contribution in [0.25, 0.3) is 0 Å². The van der Waals surface area contributed by atoms with Crippen molar-refractivity contribution in [2.45, 2.75) is 49.7 Å². The number of nitrogens with one attached hydrogen (secondary N) is 1. The van der Waals surface area contributed by atoms with Crippen LogP contribution < -0.4 is 15.1 Å². The van der Waals surface area contributed by atoms with Crippen LogP contribution in [0, 0.1) is 5.82 Å². The van der Waals surface area contributed by atoms with E-state index in [0.29, 0.717) is 5.82 Å². The molecule has 7 nitrogen and oxygen atoms in total. The number of carbonyl (C=O) groups excluding carboxylic acids is 3. The SMILES string of the molecule is O=C(NC1CC(F)(F)C1)[C@@H](c1ccccc1Cl)N(C(=O)C1CCC(=O)N1c1cscn1)c1cccc(F)c1. The first-order valence-corrected chi connectivity index (χ1v) is 13.2. The highest BCUT2D eigenvalue weighted by Crippen LogP contribution is 2.39. The van der Waals surface area contributed by atoms with Gasteiger partial charge < -0.3 is 5.32 Å². The van der Waals surface area contributed by atoms with E-state index in [2.05, 4.69) is 10.3 Å². The molecule has 1 unspecified atom stereocenters. The highest BCUT2D eigenvalue weighted by atomic mass is 35.5. The van der Waals surface area contributed by atoms with Gasteiger partial charge in [0.1, 0.15) is 23.7 Å². The lowest BCUT2D eigenvalue weighted by atomic mass is 9.87. The molecule has 1 aromatic heterocycles. The third kappa shape index (κ3) is 5.12. The first-order valence-electron chi connectivity index (χ1n) is 11.9. The van der Waals surface area contributed by atoms with Crippen molar-refractivity contribution in [1.29, 1.82) is 0 Å².